The maximum absolute atomic E-state index is 11.7. The molecule has 1 saturated heterocycles. The van der Waals surface area contributed by atoms with Gasteiger partial charge in [-0.15, -0.1) is 23.7 Å². The first kappa shape index (κ1) is 14.6. The van der Waals surface area contributed by atoms with Crippen LogP contribution in [0.15, 0.2) is 17.5 Å². The fourth-order valence-corrected chi connectivity index (χ4v) is 2.66. The van der Waals surface area contributed by atoms with Gasteiger partial charge in [0.05, 0.1) is 11.4 Å². The zero-order valence-corrected chi connectivity index (χ0v) is 11.4. The minimum absolute atomic E-state index is 0. The quantitative estimate of drug-likeness (QED) is 0.807. The lowest BCUT2D eigenvalue weighted by atomic mass is 9.98. The Hall–Kier alpha value is -0.420. The lowest BCUT2D eigenvalue weighted by Gasteiger charge is -2.22. The van der Waals surface area contributed by atoms with Crippen LogP contribution in [0.4, 0.5) is 0 Å². The number of rotatable bonds is 5. The number of thiophene rings is 1. The number of piperidine rings is 1. The van der Waals surface area contributed by atoms with E-state index in [0.717, 1.165) is 30.4 Å². The van der Waals surface area contributed by atoms with Gasteiger partial charge >= 0.3 is 0 Å². The molecule has 0 amide bonds. The number of carbonyl (C=O) groups excluding carboxylic acids is 1. The van der Waals surface area contributed by atoms with Crippen molar-refractivity contribution in [1.29, 1.82) is 0 Å². The normalized spacial score (nSPS) is 16.5. The van der Waals surface area contributed by atoms with Crippen LogP contribution in [0.5, 0.6) is 0 Å². The van der Waals surface area contributed by atoms with Crippen molar-refractivity contribution in [2.24, 2.45) is 5.92 Å². The Morgan fingerprint density at radius 1 is 1.47 bits per heavy atom. The van der Waals surface area contributed by atoms with Gasteiger partial charge in [0.25, 0.3) is 0 Å². The van der Waals surface area contributed by atoms with E-state index in [4.69, 9.17) is 0 Å². The molecule has 0 radical (unpaired) electrons. The molecule has 1 aliphatic heterocycles. The molecule has 0 unspecified atom stereocenters. The van der Waals surface area contributed by atoms with Crippen molar-refractivity contribution in [3.63, 3.8) is 0 Å². The minimum Gasteiger partial charge on any atom is -0.317 e. The summed E-state index contributed by atoms with van der Waals surface area (Å²) >= 11 is 1.52. The van der Waals surface area contributed by atoms with E-state index in [1.54, 1.807) is 0 Å². The molecule has 3 nitrogen and oxygen atoms in total. The average molecular weight is 275 g/mol. The number of ketones is 1. The van der Waals surface area contributed by atoms with Gasteiger partial charge in [-0.25, -0.2) is 0 Å². The molecule has 1 aliphatic rings. The van der Waals surface area contributed by atoms with Gasteiger partial charge in [-0.2, -0.15) is 0 Å². The van der Waals surface area contributed by atoms with E-state index in [1.807, 2.05) is 17.5 Å². The standard InChI is InChI=1S/C12H18N2OS.ClH/c15-11(12-2-1-7-16-12)9-14-8-10-3-5-13-6-4-10;/h1-2,7,10,13-14H,3-6,8-9H2;1H. The first-order chi connectivity index (χ1) is 7.86. The number of hydrogen-bond donors (Lipinski definition) is 2. The zero-order chi connectivity index (χ0) is 11.2. The summed E-state index contributed by atoms with van der Waals surface area (Å²) in [6, 6.07) is 3.81. The maximum atomic E-state index is 11.7. The van der Waals surface area contributed by atoms with Crippen molar-refractivity contribution < 1.29 is 4.79 Å². The van der Waals surface area contributed by atoms with Crippen molar-refractivity contribution in [2.75, 3.05) is 26.2 Å². The molecule has 0 spiro atoms. The second-order valence-electron chi connectivity index (χ2n) is 4.22. The fraction of sp³-hybridized carbons (Fsp3) is 0.583. The molecule has 1 fully saturated rings. The highest BCUT2D eigenvalue weighted by Gasteiger charge is 2.13. The van der Waals surface area contributed by atoms with Gasteiger partial charge in [-0.05, 0) is 49.8 Å². The van der Waals surface area contributed by atoms with E-state index in [1.165, 1.54) is 24.2 Å². The van der Waals surface area contributed by atoms with Crippen LogP contribution in [0.25, 0.3) is 0 Å². The van der Waals surface area contributed by atoms with E-state index in [2.05, 4.69) is 10.6 Å². The van der Waals surface area contributed by atoms with Gasteiger partial charge in [0.2, 0.25) is 0 Å². The summed E-state index contributed by atoms with van der Waals surface area (Å²) in [6.45, 7) is 3.68. The van der Waals surface area contributed by atoms with Crippen LogP contribution in [-0.2, 0) is 0 Å². The molecule has 1 aromatic rings. The molecule has 0 aliphatic carbocycles. The molecule has 0 bridgehead atoms. The third-order valence-corrected chi connectivity index (χ3v) is 3.88. The van der Waals surface area contributed by atoms with E-state index >= 15 is 0 Å². The summed E-state index contributed by atoms with van der Waals surface area (Å²) in [5.41, 5.74) is 0. The van der Waals surface area contributed by atoms with Gasteiger partial charge in [0, 0.05) is 0 Å². The molecule has 0 aromatic carbocycles. The van der Waals surface area contributed by atoms with E-state index in [-0.39, 0.29) is 18.2 Å². The molecule has 5 heteroatoms. The van der Waals surface area contributed by atoms with Gasteiger partial charge in [0.1, 0.15) is 0 Å². The summed E-state index contributed by atoms with van der Waals surface area (Å²) in [5.74, 6) is 0.946. The predicted octanol–water partition coefficient (Wildman–Crippen LogP) is 1.94. The van der Waals surface area contributed by atoms with E-state index in [0.29, 0.717) is 6.54 Å². The highest BCUT2D eigenvalue weighted by atomic mass is 35.5. The third kappa shape index (κ3) is 4.76. The maximum Gasteiger partial charge on any atom is 0.186 e. The Kier molecular flexibility index (Phi) is 6.73. The van der Waals surface area contributed by atoms with Crippen molar-refractivity contribution >= 4 is 29.5 Å². The highest BCUT2D eigenvalue weighted by molar-refractivity contribution is 7.12. The molecule has 2 N–H and O–H groups in total. The van der Waals surface area contributed by atoms with E-state index < -0.39 is 0 Å². The van der Waals surface area contributed by atoms with Gasteiger partial charge < -0.3 is 10.6 Å². The Bertz CT molecular complexity index is 323. The van der Waals surface area contributed by atoms with Crippen molar-refractivity contribution in [3.8, 4) is 0 Å². The Labute approximate surface area is 112 Å². The molecule has 96 valence electrons. The minimum atomic E-state index is 0. The lowest BCUT2D eigenvalue weighted by molar-refractivity contribution is 0.0993. The SMILES string of the molecule is Cl.O=C(CNCC1CCNCC1)c1cccs1. The second kappa shape index (κ2) is 7.82. The Balaban J connectivity index is 0.00000144. The number of nitrogens with one attached hydrogen (secondary N) is 2. The molecule has 2 rings (SSSR count). The molecule has 0 atom stereocenters. The number of Topliss-reactive ketones (excluding diaryl/α,β-unsaturated/α-hetero) is 1. The molecule has 1 aromatic heterocycles. The van der Waals surface area contributed by atoms with Crippen molar-refractivity contribution in [2.45, 2.75) is 12.8 Å². The number of carbonyl (C=O) groups is 1. The summed E-state index contributed by atoms with van der Waals surface area (Å²) in [6.07, 6.45) is 2.44. The van der Waals surface area contributed by atoms with Crippen LogP contribution >= 0.6 is 23.7 Å². The first-order valence-corrected chi connectivity index (χ1v) is 6.72. The summed E-state index contributed by atoms with van der Waals surface area (Å²) in [5, 5.41) is 8.56. The average Bonchev–Trinajstić information content (AvgIpc) is 2.84. The Morgan fingerprint density at radius 2 is 2.24 bits per heavy atom. The number of halogens is 1. The van der Waals surface area contributed by atoms with E-state index in [9.17, 15) is 4.79 Å². The first-order valence-electron chi connectivity index (χ1n) is 5.84. The highest BCUT2D eigenvalue weighted by Crippen LogP contribution is 2.11. The third-order valence-electron chi connectivity index (χ3n) is 2.97. The molecule has 2 heterocycles. The predicted molar refractivity (Wildman–Crippen MR) is 74.4 cm³/mol. The number of hydrogen-bond acceptors (Lipinski definition) is 4. The van der Waals surface area contributed by atoms with Crippen molar-refractivity contribution in [3.05, 3.63) is 22.4 Å². The van der Waals surface area contributed by atoms with Gasteiger partial charge in [0.15, 0.2) is 5.78 Å². The molecule has 17 heavy (non-hydrogen) atoms. The smallest absolute Gasteiger partial charge is 0.186 e. The summed E-state index contributed by atoms with van der Waals surface area (Å²) in [7, 11) is 0. The molecule has 0 saturated carbocycles. The van der Waals surface area contributed by atoms with Crippen LogP contribution in [0.2, 0.25) is 0 Å². The van der Waals surface area contributed by atoms with Gasteiger partial charge in [-0.1, -0.05) is 6.07 Å². The zero-order valence-electron chi connectivity index (χ0n) is 9.78. The van der Waals surface area contributed by atoms with Crippen LogP contribution in [-0.4, -0.2) is 32.0 Å². The van der Waals surface area contributed by atoms with Crippen molar-refractivity contribution in [1.82, 2.24) is 10.6 Å². The largest absolute Gasteiger partial charge is 0.317 e. The van der Waals surface area contributed by atoms with Crippen LogP contribution in [0.1, 0.15) is 22.5 Å². The van der Waals surface area contributed by atoms with Crippen LogP contribution in [0.3, 0.4) is 0 Å². The molecular weight excluding hydrogens is 256 g/mol. The second-order valence-corrected chi connectivity index (χ2v) is 5.17. The lowest BCUT2D eigenvalue weighted by Crippen LogP contribution is -2.35. The monoisotopic (exact) mass is 274 g/mol. The topological polar surface area (TPSA) is 41.1 Å². The van der Waals surface area contributed by atoms with Crippen LogP contribution in [0, 0.1) is 5.92 Å². The fourth-order valence-electron chi connectivity index (χ4n) is 2.00. The summed E-state index contributed by atoms with van der Waals surface area (Å²) in [4.78, 5) is 12.5. The molecular formula is C12H19ClN2OS. The van der Waals surface area contributed by atoms with Gasteiger partial charge in [-0.3, -0.25) is 4.79 Å². The van der Waals surface area contributed by atoms with Crippen LogP contribution < -0.4 is 10.6 Å². The Morgan fingerprint density at radius 3 is 2.88 bits per heavy atom. The summed E-state index contributed by atoms with van der Waals surface area (Å²) < 4.78 is 0.